The average Bonchev–Trinajstić information content (AvgIpc) is 2.81. The third kappa shape index (κ3) is 7.48. The predicted octanol–water partition coefficient (Wildman–Crippen LogP) is 4.09. The number of hydrogen-bond acceptors (Lipinski definition) is 4. The molecule has 1 amide bonds. The Morgan fingerprint density at radius 1 is 1.03 bits per heavy atom. The van der Waals surface area contributed by atoms with Crippen LogP contribution in [-0.4, -0.2) is 69.6 Å². The number of carboxylic acid groups (broad SMARTS) is 1. The van der Waals surface area contributed by atoms with Gasteiger partial charge in [-0.2, -0.15) is 11.8 Å². The molecule has 1 aromatic heterocycles. The van der Waals surface area contributed by atoms with Crippen LogP contribution in [0.1, 0.15) is 27.9 Å². The molecular formula is C25H26N2NaO3S. The van der Waals surface area contributed by atoms with Crippen molar-refractivity contribution in [3.05, 3.63) is 89.7 Å². The van der Waals surface area contributed by atoms with Gasteiger partial charge in [0.2, 0.25) is 0 Å². The van der Waals surface area contributed by atoms with Crippen molar-refractivity contribution in [3.8, 4) is 11.1 Å². The largest absolute Gasteiger partial charge is 0.480 e. The first-order valence-electron chi connectivity index (χ1n) is 10.2. The monoisotopic (exact) mass is 457 g/mol. The summed E-state index contributed by atoms with van der Waals surface area (Å²) in [5.74, 6) is -0.723. The number of nitrogens with one attached hydrogen (secondary N) is 1. The molecule has 1 atom stereocenters. The molecule has 1 heterocycles. The van der Waals surface area contributed by atoms with Crippen LogP contribution in [0.4, 0.5) is 0 Å². The maximum absolute atomic E-state index is 13.0. The van der Waals surface area contributed by atoms with Crippen LogP contribution in [0.3, 0.4) is 0 Å². The van der Waals surface area contributed by atoms with Gasteiger partial charge >= 0.3 is 5.97 Å². The van der Waals surface area contributed by atoms with Crippen molar-refractivity contribution in [3.63, 3.8) is 0 Å². The van der Waals surface area contributed by atoms with E-state index >= 15 is 0 Å². The molecule has 0 fully saturated rings. The van der Waals surface area contributed by atoms with Crippen molar-refractivity contribution >= 4 is 53.2 Å². The SMILES string of the molecule is CSCC[C@H](NC(=O)c1ccc(CCc2cccnc2)cc1-c1ccccc1)C(=O)O.[Na]. The van der Waals surface area contributed by atoms with E-state index in [0.717, 1.165) is 35.1 Å². The van der Waals surface area contributed by atoms with Gasteiger partial charge in [-0.15, -0.1) is 0 Å². The van der Waals surface area contributed by atoms with Crippen molar-refractivity contribution in [2.45, 2.75) is 25.3 Å². The topological polar surface area (TPSA) is 79.3 Å². The summed E-state index contributed by atoms with van der Waals surface area (Å²) >= 11 is 1.56. The van der Waals surface area contributed by atoms with E-state index in [1.807, 2.05) is 67.0 Å². The minimum Gasteiger partial charge on any atom is -0.480 e. The molecule has 0 bridgehead atoms. The van der Waals surface area contributed by atoms with Gasteiger partial charge in [0, 0.05) is 47.5 Å². The van der Waals surface area contributed by atoms with E-state index in [0.29, 0.717) is 17.7 Å². The van der Waals surface area contributed by atoms with Crippen molar-refractivity contribution in [1.29, 1.82) is 0 Å². The van der Waals surface area contributed by atoms with Crippen LogP contribution in [0, 0.1) is 0 Å². The molecule has 2 N–H and O–H groups in total. The van der Waals surface area contributed by atoms with Gasteiger partial charge in [-0.05, 0) is 65.7 Å². The number of carbonyl (C=O) groups excluding carboxylic acids is 1. The van der Waals surface area contributed by atoms with E-state index in [1.165, 1.54) is 0 Å². The van der Waals surface area contributed by atoms with Gasteiger partial charge in [-0.25, -0.2) is 4.79 Å². The van der Waals surface area contributed by atoms with E-state index in [9.17, 15) is 14.7 Å². The number of aromatic nitrogens is 1. The van der Waals surface area contributed by atoms with Gasteiger partial charge in [-0.3, -0.25) is 9.78 Å². The van der Waals surface area contributed by atoms with Gasteiger partial charge < -0.3 is 10.4 Å². The first kappa shape index (κ1) is 26.1. The molecule has 1 radical (unpaired) electrons. The molecule has 161 valence electrons. The quantitative estimate of drug-likeness (QED) is 0.449. The third-order valence-electron chi connectivity index (χ3n) is 5.05. The maximum Gasteiger partial charge on any atom is 0.326 e. The summed E-state index contributed by atoms with van der Waals surface area (Å²) in [5.41, 5.74) is 4.47. The zero-order chi connectivity index (χ0) is 22.1. The summed E-state index contributed by atoms with van der Waals surface area (Å²) in [6.45, 7) is 0. The fourth-order valence-corrected chi connectivity index (χ4v) is 3.84. The normalized spacial score (nSPS) is 11.3. The number of aliphatic carboxylic acids is 1. The van der Waals surface area contributed by atoms with E-state index in [1.54, 1.807) is 24.0 Å². The van der Waals surface area contributed by atoms with E-state index in [4.69, 9.17) is 0 Å². The molecule has 0 saturated heterocycles. The summed E-state index contributed by atoms with van der Waals surface area (Å²) in [5, 5.41) is 12.2. The second kappa shape index (κ2) is 13.4. The Kier molecular flexibility index (Phi) is 11.0. The van der Waals surface area contributed by atoms with Crippen LogP contribution >= 0.6 is 11.8 Å². The molecule has 32 heavy (non-hydrogen) atoms. The van der Waals surface area contributed by atoms with E-state index < -0.39 is 12.0 Å². The molecule has 5 nitrogen and oxygen atoms in total. The van der Waals surface area contributed by atoms with Crippen LogP contribution in [0.2, 0.25) is 0 Å². The predicted molar refractivity (Wildman–Crippen MR) is 131 cm³/mol. The molecule has 3 rings (SSSR count). The van der Waals surface area contributed by atoms with E-state index in [2.05, 4.69) is 10.3 Å². The number of hydrogen-bond donors (Lipinski definition) is 2. The molecule has 2 aromatic carbocycles. The molecule has 7 heteroatoms. The Labute approximate surface area is 215 Å². The van der Waals surface area contributed by atoms with Crippen molar-refractivity contribution in [2.75, 3.05) is 12.0 Å². The zero-order valence-corrected chi connectivity index (χ0v) is 21.3. The number of aryl methyl sites for hydroxylation is 2. The standard InChI is InChI=1S/C25H26N2O3S.Na/c1-31-15-13-23(25(29)30)27-24(28)21-12-11-18(9-10-19-6-5-14-26-17-19)16-22(21)20-7-3-2-4-8-20;/h2-8,11-12,14,16-17,23H,9-10,13,15H2,1H3,(H,27,28)(H,29,30);/t23-;/m0./s1. The Morgan fingerprint density at radius 2 is 1.78 bits per heavy atom. The molecule has 0 aliphatic rings. The fraction of sp³-hybridized carbons (Fsp3) is 0.240. The molecule has 0 saturated carbocycles. The number of thioether (sulfide) groups is 1. The average molecular weight is 458 g/mol. The summed E-state index contributed by atoms with van der Waals surface area (Å²) in [6, 6.07) is 18.5. The first-order chi connectivity index (χ1) is 15.1. The molecular weight excluding hydrogens is 431 g/mol. The van der Waals surface area contributed by atoms with Crippen molar-refractivity contribution in [2.24, 2.45) is 0 Å². The number of benzene rings is 2. The number of pyridine rings is 1. The van der Waals surface area contributed by atoms with Gasteiger partial charge in [0.05, 0.1) is 0 Å². The van der Waals surface area contributed by atoms with Gasteiger partial charge in [-0.1, -0.05) is 48.5 Å². The van der Waals surface area contributed by atoms with Crippen LogP contribution in [0.5, 0.6) is 0 Å². The van der Waals surface area contributed by atoms with Gasteiger partial charge in [0.15, 0.2) is 0 Å². The molecule has 3 aromatic rings. The van der Waals surface area contributed by atoms with Crippen LogP contribution in [0.25, 0.3) is 11.1 Å². The number of nitrogens with zero attached hydrogens (tertiary/aromatic N) is 1. The molecule has 0 spiro atoms. The molecule has 0 unspecified atom stereocenters. The van der Waals surface area contributed by atoms with E-state index in [-0.39, 0.29) is 35.5 Å². The molecule has 0 aliphatic carbocycles. The Balaban J connectivity index is 0.00000363. The Morgan fingerprint density at radius 3 is 2.44 bits per heavy atom. The fourth-order valence-electron chi connectivity index (χ4n) is 3.37. The summed E-state index contributed by atoms with van der Waals surface area (Å²) in [6.07, 6.45) is 7.58. The first-order valence-corrected chi connectivity index (χ1v) is 11.6. The van der Waals surface area contributed by atoms with Crippen molar-refractivity contribution < 1.29 is 14.7 Å². The summed E-state index contributed by atoms with van der Waals surface area (Å²) in [7, 11) is 0. The Bertz CT molecular complexity index is 1020. The number of carboxylic acids is 1. The smallest absolute Gasteiger partial charge is 0.326 e. The van der Waals surface area contributed by atoms with Gasteiger partial charge in [0.25, 0.3) is 5.91 Å². The second-order valence-electron chi connectivity index (χ2n) is 7.25. The number of amides is 1. The minimum atomic E-state index is -1.02. The number of rotatable bonds is 10. The zero-order valence-electron chi connectivity index (χ0n) is 18.5. The van der Waals surface area contributed by atoms with Crippen molar-refractivity contribution in [1.82, 2.24) is 10.3 Å². The Hall–Kier alpha value is -2.12. The maximum atomic E-state index is 13.0. The van der Waals surface area contributed by atoms with Gasteiger partial charge in [0.1, 0.15) is 6.04 Å². The second-order valence-corrected chi connectivity index (χ2v) is 8.24. The molecule has 0 aliphatic heterocycles. The third-order valence-corrected chi connectivity index (χ3v) is 5.70. The number of carbonyl (C=O) groups is 2. The van der Waals surface area contributed by atoms with Crippen LogP contribution < -0.4 is 5.32 Å². The summed E-state index contributed by atoms with van der Waals surface area (Å²) < 4.78 is 0. The van der Waals surface area contributed by atoms with Crippen LogP contribution in [0.15, 0.2) is 73.1 Å². The van der Waals surface area contributed by atoms with Crippen LogP contribution in [-0.2, 0) is 17.6 Å². The minimum absolute atomic E-state index is 0. The summed E-state index contributed by atoms with van der Waals surface area (Å²) in [4.78, 5) is 28.7.